The van der Waals surface area contributed by atoms with E-state index in [0.717, 1.165) is 21.5 Å². The predicted octanol–water partition coefficient (Wildman–Crippen LogP) is 3.91. The quantitative estimate of drug-likeness (QED) is 0.660. The Balaban J connectivity index is 1.90. The standard InChI is InChI=1S/C21H21N3O2S/c1-3-13-24-18-11-10-17(22-15(2)25)14-19(18)27-21(24)23-20(26)12-9-16-7-5-4-6-8-16/h3-8,10-11,14H,1,9,12-13H2,2H3,(H,22,25). The maximum atomic E-state index is 12.4. The number of allylic oxidation sites excluding steroid dienone is 1. The molecule has 0 saturated heterocycles. The Morgan fingerprint density at radius 2 is 2.00 bits per heavy atom. The van der Waals surface area contributed by atoms with Gasteiger partial charge in [0, 0.05) is 25.6 Å². The first-order valence-electron chi connectivity index (χ1n) is 8.70. The van der Waals surface area contributed by atoms with Crippen LogP contribution in [0.4, 0.5) is 5.69 Å². The van der Waals surface area contributed by atoms with Crippen LogP contribution < -0.4 is 10.1 Å². The second-order valence-electron chi connectivity index (χ2n) is 6.14. The molecule has 0 aliphatic heterocycles. The number of carbonyl (C=O) groups excluding carboxylic acids is 2. The van der Waals surface area contributed by atoms with Gasteiger partial charge in [0.1, 0.15) is 0 Å². The lowest BCUT2D eigenvalue weighted by Crippen LogP contribution is -2.16. The largest absolute Gasteiger partial charge is 0.326 e. The number of carbonyl (C=O) groups is 2. The van der Waals surface area contributed by atoms with E-state index in [1.54, 1.807) is 6.08 Å². The van der Waals surface area contributed by atoms with Crippen molar-refractivity contribution >= 4 is 39.1 Å². The molecule has 3 rings (SSSR count). The van der Waals surface area contributed by atoms with Crippen LogP contribution in [0, 0.1) is 0 Å². The van der Waals surface area contributed by atoms with E-state index in [4.69, 9.17) is 0 Å². The molecule has 0 unspecified atom stereocenters. The fourth-order valence-electron chi connectivity index (χ4n) is 2.80. The van der Waals surface area contributed by atoms with Crippen LogP contribution in [0.3, 0.4) is 0 Å². The lowest BCUT2D eigenvalue weighted by molar-refractivity contribution is -0.118. The van der Waals surface area contributed by atoms with Crippen LogP contribution in [0.15, 0.2) is 66.2 Å². The van der Waals surface area contributed by atoms with Crippen LogP contribution in [-0.4, -0.2) is 16.4 Å². The lowest BCUT2D eigenvalue weighted by atomic mass is 10.1. The highest BCUT2D eigenvalue weighted by Gasteiger charge is 2.09. The van der Waals surface area contributed by atoms with Gasteiger partial charge in [-0.3, -0.25) is 9.59 Å². The smallest absolute Gasteiger partial charge is 0.248 e. The molecule has 27 heavy (non-hydrogen) atoms. The van der Waals surface area contributed by atoms with Crippen molar-refractivity contribution < 1.29 is 9.59 Å². The number of hydrogen-bond acceptors (Lipinski definition) is 3. The SMILES string of the molecule is C=CCn1c(=NC(=O)CCc2ccccc2)sc2cc(NC(C)=O)ccc21. The maximum absolute atomic E-state index is 12.4. The molecule has 0 radical (unpaired) electrons. The van der Waals surface area contributed by atoms with Crippen molar-refractivity contribution in [3.05, 3.63) is 71.6 Å². The average molecular weight is 379 g/mol. The van der Waals surface area contributed by atoms with E-state index in [0.29, 0.717) is 24.2 Å². The van der Waals surface area contributed by atoms with Crippen molar-refractivity contribution in [3.8, 4) is 0 Å². The third-order valence-electron chi connectivity index (χ3n) is 4.01. The van der Waals surface area contributed by atoms with E-state index in [2.05, 4.69) is 16.9 Å². The van der Waals surface area contributed by atoms with Gasteiger partial charge >= 0.3 is 0 Å². The highest BCUT2D eigenvalue weighted by atomic mass is 32.1. The maximum Gasteiger partial charge on any atom is 0.248 e. The van der Waals surface area contributed by atoms with Gasteiger partial charge in [0.15, 0.2) is 4.80 Å². The molecule has 1 aromatic heterocycles. The first kappa shape index (κ1) is 18.8. The molecular weight excluding hydrogens is 358 g/mol. The fourth-order valence-corrected chi connectivity index (χ4v) is 3.90. The molecule has 0 bridgehead atoms. The number of anilines is 1. The molecule has 0 saturated carbocycles. The molecular formula is C21H21N3O2S. The number of aryl methyl sites for hydroxylation is 1. The van der Waals surface area contributed by atoms with Crippen molar-refractivity contribution in [1.82, 2.24) is 4.57 Å². The molecule has 5 nitrogen and oxygen atoms in total. The fraction of sp³-hybridized carbons (Fsp3) is 0.190. The van der Waals surface area contributed by atoms with Crippen molar-refractivity contribution in [2.24, 2.45) is 4.99 Å². The number of benzene rings is 2. The third kappa shape index (κ3) is 4.80. The molecule has 0 atom stereocenters. The Morgan fingerprint density at radius 1 is 1.22 bits per heavy atom. The van der Waals surface area contributed by atoms with Gasteiger partial charge in [-0.25, -0.2) is 0 Å². The first-order chi connectivity index (χ1) is 13.1. The molecule has 2 aromatic carbocycles. The summed E-state index contributed by atoms with van der Waals surface area (Å²) in [6.45, 7) is 5.83. The van der Waals surface area contributed by atoms with E-state index in [-0.39, 0.29) is 11.8 Å². The van der Waals surface area contributed by atoms with Crippen LogP contribution in [0.25, 0.3) is 10.2 Å². The summed E-state index contributed by atoms with van der Waals surface area (Å²) in [6, 6.07) is 15.6. The summed E-state index contributed by atoms with van der Waals surface area (Å²) in [4.78, 5) is 28.6. The number of fused-ring (bicyclic) bond motifs is 1. The first-order valence-corrected chi connectivity index (χ1v) is 9.52. The zero-order valence-electron chi connectivity index (χ0n) is 15.1. The van der Waals surface area contributed by atoms with E-state index in [1.165, 1.54) is 18.3 Å². The number of thiazole rings is 1. The summed E-state index contributed by atoms with van der Waals surface area (Å²) >= 11 is 1.43. The van der Waals surface area contributed by atoms with Gasteiger partial charge in [-0.05, 0) is 30.2 Å². The normalized spacial score (nSPS) is 11.5. The monoisotopic (exact) mass is 379 g/mol. The van der Waals surface area contributed by atoms with E-state index < -0.39 is 0 Å². The molecule has 0 aliphatic carbocycles. The number of amides is 2. The average Bonchev–Trinajstić information content (AvgIpc) is 2.97. The van der Waals surface area contributed by atoms with Crippen LogP contribution >= 0.6 is 11.3 Å². The molecule has 6 heteroatoms. The number of nitrogens with zero attached hydrogens (tertiary/aromatic N) is 2. The third-order valence-corrected chi connectivity index (χ3v) is 5.05. The van der Waals surface area contributed by atoms with Gasteiger partial charge in [-0.15, -0.1) is 6.58 Å². The zero-order valence-corrected chi connectivity index (χ0v) is 16.0. The summed E-state index contributed by atoms with van der Waals surface area (Å²) < 4.78 is 2.92. The minimum absolute atomic E-state index is 0.120. The van der Waals surface area contributed by atoms with E-state index >= 15 is 0 Å². The Morgan fingerprint density at radius 3 is 2.70 bits per heavy atom. The highest BCUT2D eigenvalue weighted by Crippen LogP contribution is 2.22. The molecule has 0 aliphatic rings. The molecule has 3 aromatic rings. The summed E-state index contributed by atoms with van der Waals surface area (Å²) in [6.07, 6.45) is 2.81. The molecule has 2 amide bonds. The number of nitrogens with one attached hydrogen (secondary N) is 1. The summed E-state index contributed by atoms with van der Waals surface area (Å²) in [5.41, 5.74) is 2.81. The number of hydrogen-bond donors (Lipinski definition) is 1. The van der Waals surface area contributed by atoms with Crippen LogP contribution in [0.5, 0.6) is 0 Å². The Labute approximate surface area is 161 Å². The van der Waals surface area contributed by atoms with Gasteiger partial charge in [-0.1, -0.05) is 47.7 Å². The molecule has 0 spiro atoms. The Hall–Kier alpha value is -2.99. The Bertz CT molecular complexity index is 1050. The van der Waals surface area contributed by atoms with Crippen molar-refractivity contribution in [2.45, 2.75) is 26.3 Å². The van der Waals surface area contributed by atoms with Gasteiger partial charge in [0.2, 0.25) is 11.8 Å². The van der Waals surface area contributed by atoms with Crippen molar-refractivity contribution in [1.29, 1.82) is 0 Å². The van der Waals surface area contributed by atoms with Crippen LogP contribution in [-0.2, 0) is 22.6 Å². The zero-order chi connectivity index (χ0) is 19.2. The van der Waals surface area contributed by atoms with E-state index in [9.17, 15) is 9.59 Å². The second-order valence-corrected chi connectivity index (χ2v) is 7.15. The summed E-state index contributed by atoms with van der Waals surface area (Å²) in [5, 5.41) is 2.78. The van der Waals surface area contributed by atoms with E-state index in [1.807, 2.05) is 53.1 Å². The lowest BCUT2D eigenvalue weighted by Gasteiger charge is -2.03. The summed E-state index contributed by atoms with van der Waals surface area (Å²) in [7, 11) is 0. The van der Waals surface area contributed by atoms with Gasteiger partial charge in [0.25, 0.3) is 0 Å². The number of rotatable bonds is 6. The predicted molar refractivity (Wildman–Crippen MR) is 110 cm³/mol. The van der Waals surface area contributed by atoms with Crippen LogP contribution in [0.2, 0.25) is 0 Å². The highest BCUT2D eigenvalue weighted by molar-refractivity contribution is 7.16. The topological polar surface area (TPSA) is 63.5 Å². The van der Waals surface area contributed by atoms with Gasteiger partial charge < -0.3 is 9.88 Å². The van der Waals surface area contributed by atoms with Crippen LogP contribution in [0.1, 0.15) is 18.9 Å². The number of aromatic nitrogens is 1. The molecule has 0 fully saturated rings. The minimum atomic E-state index is -0.148. The van der Waals surface area contributed by atoms with Crippen molar-refractivity contribution in [3.63, 3.8) is 0 Å². The van der Waals surface area contributed by atoms with Gasteiger partial charge in [-0.2, -0.15) is 4.99 Å². The second kappa shape index (κ2) is 8.60. The minimum Gasteiger partial charge on any atom is -0.326 e. The summed E-state index contributed by atoms with van der Waals surface area (Å²) in [5.74, 6) is -0.267. The molecule has 1 heterocycles. The molecule has 138 valence electrons. The Kier molecular flexibility index (Phi) is 5.98. The molecule has 1 N–H and O–H groups in total. The van der Waals surface area contributed by atoms with Crippen molar-refractivity contribution in [2.75, 3.05) is 5.32 Å². The van der Waals surface area contributed by atoms with Gasteiger partial charge in [0.05, 0.1) is 10.2 Å².